The second-order valence-corrected chi connectivity index (χ2v) is 6.65. The number of halogens is 3. The number of thiazole rings is 1. The van der Waals surface area contributed by atoms with Crippen LogP contribution in [-0.4, -0.2) is 11.5 Å². The average Bonchev–Trinajstić information content (AvgIpc) is 2.82. The van der Waals surface area contributed by atoms with Crippen molar-refractivity contribution < 1.29 is 4.39 Å². The molecule has 0 spiro atoms. The van der Waals surface area contributed by atoms with Crippen LogP contribution in [0.2, 0.25) is 10.0 Å². The Kier molecular flexibility index (Phi) is 5.38. The molecule has 20 heavy (non-hydrogen) atoms. The molecule has 0 aliphatic rings. The van der Waals surface area contributed by atoms with Crippen LogP contribution in [0.4, 0.5) is 4.39 Å². The average molecular weight is 333 g/mol. The Bertz CT molecular complexity index is 599. The van der Waals surface area contributed by atoms with E-state index in [1.165, 1.54) is 23.5 Å². The fraction of sp³-hybridized carbons (Fsp3) is 0.357. The summed E-state index contributed by atoms with van der Waals surface area (Å²) >= 11 is 13.3. The van der Waals surface area contributed by atoms with E-state index < -0.39 is 5.82 Å². The Balaban J connectivity index is 2.14. The first-order chi connectivity index (χ1) is 9.47. The van der Waals surface area contributed by atoms with Crippen molar-refractivity contribution in [2.24, 2.45) is 5.92 Å². The van der Waals surface area contributed by atoms with Crippen molar-refractivity contribution in [3.8, 4) is 11.3 Å². The van der Waals surface area contributed by atoms with Crippen molar-refractivity contribution >= 4 is 34.5 Å². The molecule has 1 heterocycles. The molecule has 0 fully saturated rings. The van der Waals surface area contributed by atoms with Gasteiger partial charge in [0.15, 0.2) is 0 Å². The van der Waals surface area contributed by atoms with Gasteiger partial charge >= 0.3 is 0 Å². The molecule has 108 valence electrons. The molecular weight excluding hydrogens is 318 g/mol. The van der Waals surface area contributed by atoms with Crippen LogP contribution in [-0.2, 0) is 6.54 Å². The fourth-order valence-electron chi connectivity index (χ4n) is 1.70. The van der Waals surface area contributed by atoms with Crippen molar-refractivity contribution in [1.82, 2.24) is 10.3 Å². The van der Waals surface area contributed by atoms with Crippen molar-refractivity contribution in [2.45, 2.75) is 20.4 Å². The number of aromatic nitrogens is 1. The molecule has 2 rings (SSSR count). The van der Waals surface area contributed by atoms with E-state index in [-0.39, 0.29) is 5.02 Å². The SMILES string of the molecule is CC(C)CNCc1nc(-c2cc(F)c(Cl)cc2Cl)cs1. The molecule has 0 aliphatic carbocycles. The third-order valence-electron chi connectivity index (χ3n) is 2.67. The Morgan fingerprint density at radius 2 is 2.05 bits per heavy atom. The summed E-state index contributed by atoms with van der Waals surface area (Å²) in [7, 11) is 0. The molecular formula is C14H15Cl2FN2S. The maximum Gasteiger partial charge on any atom is 0.142 e. The lowest BCUT2D eigenvalue weighted by atomic mass is 10.2. The topological polar surface area (TPSA) is 24.9 Å². The van der Waals surface area contributed by atoms with Crippen molar-refractivity contribution in [1.29, 1.82) is 0 Å². The number of hydrogen-bond acceptors (Lipinski definition) is 3. The van der Waals surface area contributed by atoms with Crippen molar-refractivity contribution in [2.75, 3.05) is 6.54 Å². The van der Waals surface area contributed by atoms with E-state index in [0.717, 1.165) is 11.6 Å². The van der Waals surface area contributed by atoms with Crippen LogP contribution < -0.4 is 5.32 Å². The van der Waals surface area contributed by atoms with E-state index in [2.05, 4.69) is 24.1 Å². The number of benzene rings is 1. The summed E-state index contributed by atoms with van der Waals surface area (Å²) in [5, 5.41) is 6.57. The maximum absolute atomic E-state index is 13.5. The lowest BCUT2D eigenvalue weighted by Crippen LogP contribution is -2.18. The van der Waals surface area contributed by atoms with E-state index in [9.17, 15) is 4.39 Å². The van der Waals surface area contributed by atoms with Crippen molar-refractivity contribution in [3.05, 3.63) is 38.4 Å². The summed E-state index contributed by atoms with van der Waals surface area (Å²) in [6.45, 7) is 5.94. The fourth-order valence-corrected chi connectivity index (χ4v) is 2.95. The highest BCUT2D eigenvalue weighted by atomic mass is 35.5. The monoisotopic (exact) mass is 332 g/mol. The lowest BCUT2D eigenvalue weighted by Gasteiger charge is -2.05. The second-order valence-electron chi connectivity index (χ2n) is 4.90. The lowest BCUT2D eigenvalue weighted by molar-refractivity contribution is 0.551. The molecule has 0 radical (unpaired) electrons. The highest BCUT2D eigenvalue weighted by Gasteiger charge is 2.12. The number of rotatable bonds is 5. The Labute approximate surface area is 131 Å². The predicted molar refractivity (Wildman–Crippen MR) is 84.1 cm³/mol. The van der Waals surface area contributed by atoms with Crippen molar-refractivity contribution in [3.63, 3.8) is 0 Å². The van der Waals surface area contributed by atoms with Gasteiger partial charge in [-0.2, -0.15) is 0 Å². The second kappa shape index (κ2) is 6.85. The Morgan fingerprint density at radius 3 is 2.75 bits per heavy atom. The van der Waals surface area contributed by atoms with Gasteiger partial charge in [0.2, 0.25) is 0 Å². The van der Waals surface area contributed by atoms with E-state index in [4.69, 9.17) is 23.2 Å². The van der Waals surface area contributed by atoms with E-state index in [1.807, 2.05) is 5.38 Å². The van der Waals surface area contributed by atoms with Gasteiger partial charge in [-0.15, -0.1) is 11.3 Å². The Morgan fingerprint density at radius 1 is 1.30 bits per heavy atom. The quantitative estimate of drug-likeness (QED) is 0.779. The molecule has 2 nitrogen and oxygen atoms in total. The van der Waals surface area contributed by atoms with Gasteiger partial charge in [-0.05, 0) is 24.6 Å². The molecule has 0 bridgehead atoms. The number of nitrogens with zero attached hydrogens (tertiary/aromatic N) is 1. The van der Waals surface area contributed by atoms with Gasteiger partial charge in [-0.3, -0.25) is 0 Å². The molecule has 1 N–H and O–H groups in total. The van der Waals surface area contributed by atoms with Crippen LogP contribution in [0.25, 0.3) is 11.3 Å². The first kappa shape index (κ1) is 15.7. The van der Waals surface area contributed by atoms with Gasteiger partial charge in [-0.25, -0.2) is 9.37 Å². The minimum absolute atomic E-state index is 0.0211. The molecule has 0 saturated heterocycles. The van der Waals surface area contributed by atoms with E-state index in [1.54, 1.807) is 0 Å². The van der Waals surface area contributed by atoms with Crippen LogP contribution in [0.1, 0.15) is 18.9 Å². The molecule has 0 saturated carbocycles. The standard InChI is InChI=1S/C14H15Cl2FN2S/c1-8(2)5-18-6-14-19-13(7-20-14)9-3-12(17)11(16)4-10(9)15/h3-4,7-8,18H,5-6H2,1-2H3. The smallest absolute Gasteiger partial charge is 0.142 e. The van der Waals surface area contributed by atoms with Gasteiger partial charge in [0.1, 0.15) is 10.8 Å². The predicted octanol–water partition coefficient (Wildman–Crippen LogP) is 5.00. The normalized spacial score (nSPS) is 11.3. The van der Waals surface area contributed by atoms with E-state index in [0.29, 0.717) is 28.7 Å². The zero-order chi connectivity index (χ0) is 14.7. The highest BCUT2D eigenvalue weighted by Crippen LogP contribution is 2.32. The molecule has 0 aliphatic heterocycles. The molecule has 1 aromatic carbocycles. The molecule has 0 atom stereocenters. The summed E-state index contributed by atoms with van der Waals surface area (Å²) in [6, 6.07) is 2.73. The van der Waals surface area contributed by atoms with Crippen LogP contribution >= 0.6 is 34.5 Å². The van der Waals surface area contributed by atoms with Gasteiger partial charge in [-0.1, -0.05) is 37.0 Å². The first-order valence-corrected chi connectivity index (χ1v) is 7.91. The molecule has 0 amide bonds. The minimum atomic E-state index is -0.487. The van der Waals surface area contributed by atoms with E-state index >= 15 is 0 Å². The van der Waals surface area contributed by atoms with Gasteiger partial charge in [0, 0.05) is 17.5 Å². The zero-order valence-corrected chi connectivity index (χ0v) is 13.5. The van der Waals surface area contributed by atoms with Crippen LogP contribution in [0.15, 0.2) is 17.5 Å². The van der Waals surface area contributed by atoms with Gasteiger partial charge < -0.3 is 5.32 Å². The van der Waals surface area contributed by atoms with Crippen LogP contribution in [0.3, 0.4) is 0 Å². The minimum Gasteiger partial charge on any atom is -0.310 e. The number of hydrogen-bond donors (Lipinski definition) is 1. The molecule has 0 unspecified atom stereocenters. The summed E-state index contributed by atoms with van der Waals surface area (Å²) in [5.74, 6) is 0.104. The zero-order valence-electron chi connectivity index (χ0n) is 11.2. The first-order valence-electron chi connectivity index (χ1n) is 6.27. The Hall–Kier alpha value is -0.680. The molecule has 1 aromatic heterocycles. The third-order valence-corrected chi connectivity index (χ3v) is 4.12. The van der Waals surface area contributed by atoms with Crippen LogP contribution in [0, 0.1) is 11.7 Å². The van der Waals surface area contributed by atoms with Crippen LogP contribution in [0.5, 0.6) is 0 Å². The highest BCUT2D eigenvalue weighted by molar-refractivity contribution is 7.09. The summed E-state index contributed by atoms with van der Waals surface area (Å²) < 4.78 is 13.5. The number of nitrogens with one attached hydrogen (secondary N) is 1. The molecule has 2 aromatic rings. The summed E-state index contributed by atoms with van der Waals surface area (Å²) in [6.07, 6.45) is 0. The van der Waals surface area contributed by atoms with Gasteiger partial charge in [0.05, 0.1) is 15.7 Å². The third kappa shape index (κ3) is 3.92. The largest absolute Gasteiger partial charge is 0.310 e. The molecule has 6 heteroatoms. The van der Waals surface area contributed by atoms with Gasteiger partial charge in [0.25, 0.3) is 0 Å². The maximum atomic E-state index is 13.5. The summed E-state index contributed by atoms with van der Waals surface area (Å²) in [5.41, 5.74) is 1.25. The summed E-state index contributed by atoms with van der Waals surface area (Å²) in [4.78, 5) is 4.47.